The van der Waals surface area contributed by atoms with Gasteiger partial charge in [-0.1, -0.05) is 6.92 Å². The molecule has 0 radical (unpaired) electrons. The van der Waals surface area contributed by atoms with E-state index in [0.717, 1.165) is 19.5 Å². The number of ether oxygens (including phenoxy) is 1. The van der Waals surface area contributed by atoms with Crippen LogP contribution in [0.25, 0.3) is 0 Å². The highest BCUT2D eigenvalue weighted by Crippen LogP contribution is 2.19. The highest BCUT2D eigenvalue weighted by Gasteiger charge is 2.30. The van der Waals surface area contributed by atoms with Gasteiger partial charge in [0.25, 0.3) is 0 Å². The molecule has 0 aromatic heterocycles. The Morgan fingerprint density at radius 3 is 2.86 bits per heavy atom. The minimum absolute atomic E-state index is 0.192. The predicted molar refractivity (Wildman–Crippen MR) is 52.9 cm³/mol. The van der Waals surface area contributed by atoms with Crippen LogP contribution in [-0.4, -0.2) is 38.3 Å². The molecule has 2 N–H and O–H groups in total. The number of rotatable bonds is 2. The summed E-state index contributed by atoms with van der Waals surface area (Å²) in [6.07, 6.45) is 0.959. The van der Waals surface area contributed by atoms with Crippen molar-refractivity contribution in [3.63, 3.8) is 0 Å². The first-order valence-electron chi connectivity index (χ1n) is 5.36. The molecule has 0 spiro atoms. The molecule has 1 amide bonds. The van der Waals surface area contributed by atoms with Crippen molar-refractivity contribution in [2.24, 2.45) is 11.8 Å². The molecule has 2 heterocycles. The van der Waals surface area contributed by atoms with Gasteiger partial charge in [-0.3, -0.25) is 4.79 Å². The van der Waals surface area contributed by atoms with Gasteiger partial charge >= 0.3 is 0 Å². The Balaban J connectivity index is 1.82. The highest BCUT2D eigenvalue weighted by molar-refractivity contribution is 5.79. The van der Waals surface area contributed by atoms with Gasteiger partial charge in [0, 0.05) is 5.92 Å². The quantitative estimate of drug-likeness (QED) is 0.643. The van der Waals surface area contributed by atoms with Crippen molar-refractivity contribution in [2.75, 3.05) is 26.3 Å². The lowest BCUT2D eigenvalue weighted by atomic mass is 9.87. The SMILES string of the molecule is CC1CNCCC1C(=O)NC1COC1. The van der Waals surface area contributed by atoms with Crippen molar-refractivity contribution in [1.82, 2.24) is 10.6 Å². The van der Waals surface area contributed by atoms with E-state index in [1.54, 1.807) is 0 Å². The molecule has 0 aromatic rings. The molecule has 2 saturated heterocycles. The number of hydrogen-bond donors (Lipinski definition) is 2. The van der Waals surface area contributed by atoms with Crippen molar-refractivity contribution < 1.29 is 9.53 Å². The zero-order valence-electron chi connectivity index (χ0n) is 8.58. The summed E-state index contributed by atoms with van der Waals surface area (Å²) in [4.78, 5) is 11.8. The van der Waals surface area contributed by atoms with Gasteiger partial charge in [-0.2, -0.15) is 0 Å². The van der Waals surface area contributed by atoms with E-state index in [-0.39, 0.29) is 17.9 Å². The Morgan fingerprint density at radius 2 is 2.29 bits per heavy atom. The van der Waals surface area contributed by atoms with Crippen molar-refractivity contribution in [2.45, 2.75) is 19.4 Å². The molecular formula is C10H18N2O2. The Hall–Kier alpha value is -0.610. The zero-order valence-corrected chi connectivity index (χ0v) is 8.58. The average Bonchev–Trinajstić information content (AvgIpc) is 2.12. The van der Waals surface area contributed by atoms with Gasteiger partial charge in [0.15, 0.2) is 0 Å². The van der Waals surface area contributed by atoms with Crippen LogP contribution in [0.4, 0.5) is 0 Å². The Bertz CT molecular complexity index is 216. The standard InChI is InChI=1S/C10H18N2O2/c1-7-4-11-3-2-9(7)10(13)12-8-5-14-6-8/h7-9,11H,2-6H2,1H3,(H,12,13). The maximum Gasteiger partial charge on any atom is 0.223 e. The van der Waals surface area contributed by atoms with E-state index in [0.29, 0.717) is 19.1 Å². The maximum absolute atomic E-state index is 11.8. The number of piperidine rings is 1. The van der Waals surface area contributed by atoms with Crippen LogP contribution in [0.5, 0.6) is 0 Å². The molecule has 4 heteroatoms. The van der Waals surface area contributed by atoms with E-state index >= 15 is 0 Å². The van der Waals surface area contributed by atoms with E-state index < -0.39 is 0 Å². The third kappa shape index (κ3) is 2.07. The van der Waals surface area contributed by atoms with Crippen LogP contribution in [-0.2, 0) is 9.53 Å². The van der Waals surface area contributed by atoms with Crippen molar-refractivity contribution in [3.05, 3.63) is 0 Å². The molecule has 4 nitrogen and oxygen atoms in total. The van der Waals surface area contributed by atoms with Gasteiger partial charge in [0.2, 0.25) is 5.91 Å². The Kier molecular flexibility index (Phi) is 3.03. The Labute approximate surface area is 84.4 Å². The third-order valence-electron chi connectivity index (χ3n) is 3.11. The molecule has 0 aliphatic carbocycles. The van der Waals surface area contributed by atoms with Crippen LogP contribution < -0.4 is 10.6 Å². The maximum atomic E-state index is 11.8. The summed E-state index contributed by atoms with van der Waals surface area (Å²) in [5.74, 6) is 0.855. The number of carbonyl (C=O) groups excluding carboxylic acids is 1. The molecule has 2 aliphatic rings. The molecule has 14 heavy (non-hydrogen) atoms. The summed E-state index contributed by atoms with van der Waals surface area (Å²) in [7, 11) is 0. The molecule has 0 aromatic carbocycles. The molecule has 2 fully saturated rings. The lowest BCUT2D eigenvalue weighted by Gasteiger charge is -2.32. The van der Waals surface area contributed by atoms with Crippen LogP contribution in [0.15, 0.2) is 0 Å². The number of amides is 1. The van der Waals surface area contributed by atoms with Crippen LogP contribution in [0.3, 0.4) is 0 Å². The van der Waals surface area contributed by atoms with Gasteiger partial charge < -0.3 is 15.4 Å². The number of carbonyl (C=O) groups is 1. The van der Waals surface area contributed by atoms with E-state index in [1.165, 1.54) is 0 Å². The van der Waals surface area contributed by atoms with Gasteiger partial charge in [-0.05, 0) is 25.4 Å². The summed E-state index contributed by atoms with van der Waals surface area (Å²) in [5, 5.41) is 6.32. The summed E-state index contributed by atoms with van der Waals surface area (Å²) in [5.41, 5.74) is 0. The van der Waals surface area contributed by atoms with E-state index in [9.17, 15) is 4.79 Å². The smallest absolute Gasteiger partial charge is 0.223 e. The first kappa shape index (κ1) is 9.93. The monoisotopic (exact) mass is 198 g/mol. The third-order valence-corrected chi connectivity index (χ3v) is 3.11. The van der Waals surface area contributed by atoms with Crippen LogP contribution in [0.1, 0.15) is 13.3 Å². The largest absolute Gasteiger partial charge is 0.377 e. The first-order valence-corrected chi connectivity index (χ1v) is 5.36. The van der Waals surface area contributed by atoms with Crippen molar-refractivity contribution in [3.8, 4) is 0 Å². The molecule has 2 rings (SSSR count). The normalized spacial score (nSPS) is 33.5. The lowest BCUT2D eigenvalue weighted by Crippen LogP contribution is -2.52. The summed E-state index contributed by atoms with van der Waals surface area (Å²) in [6.45, 7) is 5.42. The Morgan fingerprint density at radius 1 is 1.50 bits per heavy atom. The fourth-order valence-corrected chi connectivity index (χ4v) is 2.03. The second kappa shape index (κ2) is 4.28. The van der Waals surface area contributed by atoms with Crippen molar-refractivity contribution in [1.29, 1.82) is 0 Å². The average molecular weight is 198 g/mol. The molecule has 0 bridgehead atoms. The lowest BCUT2D eigenvalue weighted by molar-refractivity contribution is -0.131. The topological polar surface area (TPSA) is 50.4 Å². The molecule has 0 saturated carbocycles. The van der Waals surface area contributed by atoms with Crippen LogP contribution in [0.2, 0.25) is 0 Å². The fourth-order valence-electron chi connectivity index (χ4n) is 2.03. The second-order valence-corrected chi connectivity index (χ2v) is 4.32. The van der Waals surface area contributed by atoms with Crippen LogP contribution >= 0.6 is 0 Å². The van der Waals surface area contributed by atoms with E-state index in [2.05, 4.69) is 17.6 Å². The zero-order chi connectivity index (χ0) is 9.97. The highest BCUT2D eigenvalue weighted by atomic mass is 16.5. The van der Waals surface area contributed by atoms with Gasteiger partial charge in [0.05, 0.1) is 19.3 Å². The summed E-state index contributed by atoms with van der Waals surface area (Å²) < 4.78 is 5.02. The van der Waals surface area contributed by atoms with Crippen LogP contribution in [0, 0.1) is 11.8 Å². The second-order valence-electron chi connectivity index (χ2n) is 4.32. The summed E-state index contributed by atoms with van der Waals surface area (Å²) >= 11 is 0. The molecule has 2 atom stereocenters. The van der Waals surface area contributed by atoms with E-state index in [4.69, 9.17) is 4.74 Å². The fraction of sp³-hybridized carbons (Fsp3) is 0.900. The molecule has 2 unspecified atom stereocenters. The van der Waals surface area contributed by atoms with Gasteiger partial charge in [-0.25, -0.2) is 0 Å². The minimum atomic E-state index is 0.192. The number of nitrogens with one attached hydrogen (secondary N) is 2. The molecule has 80 valence electrons. The predicted octanol–water partition coefficient (Wildman–Crippen LogP) is -0.253. The first-order chi connectivity index (χ1) is 6.77. The molecular weight excluding hydrogens is 180 g/mol. The molecule has 2 aliphatic heterocycles. The van der Waals surface area contributed by atoms with Crippen molar-refractivity contribution >= 4 is 5.91 Å². The van der Waals surface area contributed by atoms with Gasteiger partial charge in [0.1, 0.15) is 0 Å². The minimum Gasteiger partial charge on any atom is -0.377 e. The summed E-state index contributed by atoms with van der Waals surface area (Å²) in [6, 6.07) is 0.268. The number of hydrogen-bond acceptors (Lipinski definition) is 3. The van der Waals surface area contributed by atoms with Gasteiger partial charge in [-0.15, -0.1) is 0 Å². The van der Waals surface area contributed by atoms with E-state index in [1.807, 2.05) is 0 Å².